The Morgan fingerprint density at radius 3 is 2.57 bits per heavy atom. The molecule has 0 atom stereocenters. The number of esters is 1. The first kappa shape index (κ1) is 15.3. The quantitative estimate of drug-likeness (QED) is 0.808. The Morgan fingerprint density at radius 1 is 1.29 bits per heavy atom. The molecule has 0 aromatic carbocycles. The van der Waals surface area contributed by atoms with E-state index in [0.29, 0.717) is 0 Å². The zero-order valence-electron chi connectivity index (χ0n) is 12.4. The number of carbonyl (C=O) groups is 2. The van der Waals surface area contributed by atoms with Crippen molar-refractivity contribution in [2.75, 3.05) is 18.8 Å². The fourth-order valence-corrected chi connectivity index (χ4v) is 2.22. The summed E-state index contributed by atoms with van der Waals surface area (Å²) >= 11 is 0. The van der Waals surface area contributed by atoms with Crippen molar-refractivity contribution < 1.29 is 14.3 Å². The van der Waals surface area contributed by atoms with E-state index in [-0.39, 0.29) is 30.1 Å². The maximum absolute atomic E-state index is 12.1. The molecule has 2 heterocycles. The van der Waals surface area contributed by atoms with E-state index < -0.39 is 5.97 Å². The molecule has 1 aromatic rings. The van der Waals surface area contributed by atoms with Crippen LogP contribution in [-0.4, -0.2) is 51.0 Å². The van der Waals surface area contributed by atoms with E-state index in [2.05, 4.69) is 10.3 Å². The van der Waals surface area contributed by atoms with Crippen LogP contribution in [0.2, 0.25) is 0 Å². The first-order valence-corrected chi connectivity index (χ1v) is 7.16. The van der Waals surface area contributed by atoms with Crippen LogP contribution in [0.1, 0.15) is 43.6 Å². The molecular weight excluding hydrogens is 274 g/mol. The van der Waals surface area contributed by atoms with E-state index >= 15 is 0 Å². The third-order valence-electron chi connectivity index (χ3n) is 3.30. The number of amides is 1. The van der Waals surface area contributed by atoms with Crippen LogP contribution in [-0.2, 0) is 16.1 Å². The Morgan fingerprint density at radius 2 is 1.95 bits per heavy atom. The second kappa shape index (κ2) is 6.55. The number of nitrogens with two attached hydrogens (primary N) is 1. The lowest BCUT2D eigenvalue weighted by molar-refractivity contribution is -0.132. The summed E-state index contributed by atoms with van der Waals surface area (Å²) < 4.78 is 6.27. The van der Waals surface area contributed by atoms with Crippen molar-refractivity contribution in [2.24, 2.45) is 0 Å². The van der Waals surface area contributed by atoms with Gasteiger partial charge in [-0.2, -0.15) is 0 Å². The summed E-state index contributed by atoms with van der Waals surface area (Å²) in [6, 6.07) is 0. The highest BCUT2D eigenvalue weighted by atomic mass is 16.5. The summed E-state index contributed by atoms with van der Waals surface area (Å²) in [6.07, 6.45) is 2.92. The molecule has 21 heavy (non-hydrogen) atoms. The molecular formula is C13H21N5O3. The highest BCUT2D eigenvalue weighted by Gasteiger charge is 2.23. The molecule has 1 aliphatic rings. The second-order valence-electron chi connectivity index (χ2n) is 5.38. The average Bonchev–Trinajstić information content (AvgIpc) is 2.80. The van der Waals surface area contributed by atoms with E-state index in [1.807, 2.05) is 0 Å². The predicted octanol–water partition coefficient (Wildman–Crippen LogP) is 0.438. The largest absolute Gasteiger partial charge is 0.458 e. The van der Waals surface area contributed by atoms with E-state index in [4.69, 9.17) is 10.5 Å². The highest BCUT2D eigenvalue weighted by Crippen LogP contribution is 2.13. The van der Waals surface area contributed by atoms with Crippen LogP contribution < -0.4 is 5.73 Å². The molecule has 0 spiro atoms. The molecule has 1 aliphatic heterocycles. The Hall–Kier alpha value is -2.12. The number of rotatable bonds is 4. The number of aromatic nitrogens is 3. The van der Waals surface area contributed by atoms with Crippen LogP contribution >= 0.6 is 0 Å². The van der Waals surface area contributed by atoms with Gasteiger partial charge in [0, 0.05) is 13.1 Å². The molecule has 116 valence electrons. The monoisotopic (exact) mass is 295 g/mol. The van der Waals surface area contributed by atoms with Gasteiger partial charge in [0.15, 0.2) is 5.82 Å². The number of anilines is 1. The lowest BCUT2D eigenvalue weighted by atomic mass is 10.1. The van der Waals surface area contributed by atoms with Crippen LogP contribution in [0, 0.1) is 0 Å². The number of likely N-dealkylation sites (tertiary alicyclic amines) is 1. The molecule has 1 fully saturated rings. The van der Waals surface area contributed by atoms with Crippen LogP contribution in [0.5, 0.6) is 0 Å². The van der Waals surface area contributed by atoms with Gasteiger partial charge in [-0.25, -0.2) is 9.48 Å². The van der Waals surface area contributed by atoms with Gasteiger partial charge < -0.3 is 15.4 Å². The Balaban J connectivity index is 2.02. The minimum Gasteiger partial charge on any atom is -0.458 e. The van der Waals surface area contributed by atoms with Crippen LogP contribution in [0.25, 0.3) is 0 Å². The van der Waals surface area contributed by atoms with Gasteiger partial charge in [0.2, 0.25) is 11.6 Å². The van der Waals surface area contributed by atoms with Gasteiger partial charge in [0.1, 0.15) is 6.54 Å². The Bertz CT molecular complexity index is 520. The number of nitrogens with zero attached hydrogens (tertiary/aromatic N) is 4. The van der Waals surface area contributed by atoms with Crippen LogP contribution in [0.4, 0.5) is 5.82 Å². The van der Waals surface area contributed by atoms with Crippen molar-refractivity contribution in [3.63, 3.8) is 0 Å². The fourth-order valence-electron chi connectivity index (χ4n) is 2.22. The number of hydrogen-bond donors (Lipinski definition) is 1. The molecule has 2 rings (SSSR count). The minimum absolute atomic E-state index is 0.00616. The molecule has 1 amide bonds. The molecule has 0 unspecified atom stereocenters. The molecule has 0 saturated carbocycles. The van der Waals surface area contributed by atoms with Gasteiger partial charge in [0.25, 0.3) is 0 Å². The van der Waals surface area contributed by atoms with E-state index in [1.54, 1.807) is 18.7 Å². The van der Waals surface area contributed by atoms with E-state index in [1.165, 1.54) is 4.68 Å². The number of carbonyl (C=O) groups excluding carboxylic acids is 2. The number of ether oxygens (including phenoxy) is 1. The lowest BCUT2D eigenvalue weighted by Gasteiger charge is -2.26. The van der Waals surface area contributed by atoms with Crippen molar-refractivity contribution in [2.45, 2.75) is 45.8 Å². The zero-order chi connectivity index (χ0) is 15.4. The third-order valence-corrected chi connectivity index (χ3v) is 3.30. The third kappa shape index (κ3) is 3.71. The predicted molar refractivity (Wildman–Crippen MR) is 75.4 cm³/mol. The maximum Gasteiger partial charge on any atom is 0.363 e. The average molecular weight is 295 g/mol. The van der Waals surface area contributed by atoms with Gasteiger partial charge in [-0.3, -0.25) is 4.79 Å². The SMILES string of the molecule is CC(C)OC(=O)c1nnn(CC(=O)N2CCCCC2)c1N. The molecule has 1 saturated heterocycles. The van der Waals surface area contributed by atoms with Gasteiger partial charge in [-0.1, -0.05) is 5.21 Å². The van der Waals surface area contributed by atoms with Crippen LogP contribution in [0.3, 0.4) is 0 Å². The van der Waals surface area contributed by atoms with Crippen molar-refractivity contribution >= 4 is 17.7 Å². The minimum atomic E-state index is -0.626. The standard InChI is InChI=1S/C13H21N5O3/c1-9(2)21-13(20)11-12(14)18(16-15-11)8-10(19)17-6-4-3-5-7-17/h9H,3-8,14H2,1-2H3. The molecule has 1 aromatic heterocycles. The summed E-state index contributed by atoms with van der Waals surface area (Å²) in [5.41, 5.74) is 5.78. The first-order chi connectivity index (χ1) is 9.99. The van der Waals surface area contributed by atoms with Crippen molar-refractivity contribution in [3.05, 3.63) is 5.69 Å². The highest BCUT2D eigenvalue weighted by molar-refractivity contribution is 5.92. The van der Waals surface area contributed by atoms with Crippen molar-refractivity contribution in [1.82, 2.24) is 19.9 Å². The molecule has 8 nitrogen and oxygen atoms in total. The van der Waals surface area contributed by atoms with Gasteiger partial charge in [-0.05, 0) is 33.1 Å². The second-order valence-corrected chi connectivity index (χ2v) is 5.38. The number of piperidine rings is 1. The Labute approximate surface area is 123 Å². The van der Waals surface area contributed by atoms with E-state index in [0.717, 1.165) is 32.4 Å². The van der Waals surface area contributed by atoms with Gasteiger partial charge in [-0.15, -0.1) is 5.10 Å². The fraction of sp³-hybridized carbons (Fsp3) is 0.692. The Kier molecular flexibility index (Phi) is 4.77. The molecule has 0 aliphatic carbocycles. The number of hydrogen-bond acceptors (Lipinski definition) is 6. The summed E-state index contributed by atoms with van der Waals surface area (Å²) in [7, 11) is 0. The first-order valence-electron chi connectivity index (χ1n) is 7.16. The summed E-state index contributed by atoms with van der Waals surface area (Å²) in [5, 5.41) is 7.48. The van der Waals surface area contributed by atoms with Gasteiger partial charge >= 0.3 is 5.97 Å². The summed E-state index contributed by atoms with van der Waals surface area (Å²) in [6.45, 7) is 4.98. The normalized spacial score (nSPS) is 15.3. The molecule has 0 radical (unpaired) electrons. The summed E-state index contributed by atoms with van der Waals surface area (Å²) in [5.74, 6) is -0.625. The number of nitrogen functional groups attached to an aromatic ring is 1. The molecule has 2 N–H and O–H groups in total. The maximum atomic E-state index is 12.1. The molecule has 0 bridgehead atoms. The van der Waals surface area contributed by atoms with Crippen molar-refractivity contribution in [1.29, 1.82) is 0 Å². The summed E-state index contributed by atoms with van der Waals surface area (Å²) in [4.78, 5) is 25.7. The molecule has 8 heteroatoms. The smallest absolute Gasteiger partial charge is 0.363 e. The zero-order valence-corrected chi connectivity index (χ0v) is 12.4. The topological polar surface area (TPSA) is 103 Å². The van der Waals surface area contributed by atoms with Crippen LogP contribution in [0.15, 0.2) is 0 Å². The van der Waals surface area contributed by atoms with E-state index in [9.17, 15) is 9.59 Å². The lowest BCUT2D eigenvalue weighted by Crippen LogP contribution is -2.38. The van der Waals surface area contributed by atoms with Crippen molar-refractivity contribution in [3.8, 4) is 0 Å². The van der Waals surface area contributed by atoms with Gasteiger partial charge in [0.05, 0.1) is 6.10 Å².